The highest BCUT2D eigenvalue weighted by molar-refractivity contribution is 5.16. The van der Waals surface area contributed by atoms with Crippen molar-refractivity contribution in [1.29, 1.82) is 0 Å². The number of likely N-dealkylation sites (tertiary alicyclic amines) is 1. The lowest BCUT2D eigenvalue weighted by Gasteiger charge is -2.35. The Labute approximate surface area is 145 Å². The molecule has 0 aromatic carbocycles. The van der Waals surface area contributed by atoms with Gasteiger partial charge in [-0.1, -0.05) is 27.2 Å². The predicted molar refractivity (Wildman–Crippen MR) is 96.9 cm³/mol. The van der Waals surface area contributed by atoms with Crippen LogP contribution in [0.15, 0.2) is 18.5 Å². The molecule has 0 unspecified atom stereocenters. The van der Waals surface area contributed by atoms with Crippen LogP contribution in [0.4, 0.5) is 0 Å². The Morgan fingerprint density at radius 2 is 2.12 bits per heavy atom. The number of imidazole rings is 1. The van der Waals surface area contributed by atoms with Gasteiger partial charge in [-0.25, -0.2) is 4.98 Å². The van der Waals surface area contributed by atoms with Crippen LogP contribution in [0, 0.1) is 0 Å². The van der Waals surface area contributed by atoms with Crippen molar-refractivity contribution >= 4 is 0 Å². The van der Waals surface area contributed by atoms with E-state index in [-0.39, 0.29) is 5.41 Å². The minimum atomic E-state index is 0.105. The molecule has 2 aromatic rings. The minimum absolute atomic E-state index is 0.105. The molecule has 0 bridgehead atoms. The number of H-pyrrole nitrogens is 1. The number of hydrogen-bond donors (Lipinski definition) is 1. The normalized spacial score (nSPS) is 19.8. The first-order chi connectivity index (χ1) is 11.4. The highest BCUT2D eigenvalue weighted by Crippen LogP contribution is 2.25. The van der Waals surface area contributed by atoms with Crippen molar-refractivity contribution in [3.8, 4) is 0 Å². The summed E-state index contributed by atoms with van der Waals surface area (Å²) >= 11 is 0. The molecule has 5 heteroatoms. The highest BCUT2D eigenvalue weighted by atomic mass is 15.2. The maximum absolute atomic E-state index is 4.51. The zero-order valence-electron chi connectivity index (χ0n) is 15.5. The molecule has 3 heterocycles. The summed E-state index contributed by atoms with van der Waals surface area (Å²) in [5.41, 5.74) is 2.50. The lowest BCUT2D eigenvalue weighted by molar-refractivity contribution is 0.130. The van der Waals surface area contributed by atoms with Gasteiger partial charge < -0.3 is 4.57 Å². The molecule has 1 atom stereocenters. The zero-order valence-corrected chi connectivity index (χ0v) is 15.5. The molecule has 0 saturated carbocycles. The van der Waals surface area contributed by atoms with E-state index in [1.54, 1.807) is 0 Å². The summed E-state index contributed by atoms with van der Waals surface area (Å²) in [6.07, 6.45) is 10.1. The average Bonchev–Trinajstić information content (AvgIpc) is 3.15. The van der Waals surface area contributed by atoms with Crippen LogP contribution in [-0.4, -0.2) is 37.2 Å². The molecule has 1 aliphatic rings. The van der Waals surface area contributed by atoms with E-state index < -0.39 is 0 Å². The molecule has 1 N–H and O–H groups in total. The highest BCUT2D eigenvalue weighted by Gasteiger charge is 2.24. The smallest absolute Gasteiger partial charge is 0.108 e. The maximum atomic E-state index is 4.51. The van der Waals surface area contributed by atoms with E-state index in [1.807, 2.05) is 12.4 Å². The molecule has 0 aliphatic carbocycles. The van der Waals surface area contributed by atoms with Crippen LogP contribution in [0.1, 0.15) is 63.7 Å². The first kappa shape index (κ1) is 17.2. The van der Waals surface area contributed by atoms with Gasteiger partial charge in [-0.3, -0.25) is 10.00 Å². The maximum Gasteiger partial charge on any atom is 0.108 e. The van der Waals surface area contributed by atoms with Gasteiger partial charge >= 0.3 is 0 Å². The van der Waals surface area contributed by atoms with E-state index in [9.17, 15) is 0 Å². The number of piperidine rings is 1. The van der Waals surface area contributed by atoms with E-state index in [0.717, 1.165) is 18.7 Å². The summed E-state index contributed by atoms with van der Waals surface area (Å²) in [6.45, 7) is 8.81. The van der Waals surface area contributed by atoms with Crippen molar-refractivity contribution < 1.29 is 0 Å². The van der Waals surface area contributed by atoms with Crippen molar-refractivity contribution in [3.05, 3.63) is 35.7 Å². The number of aryl methyl sites for hydroxylation is 2. The number of aromatic nitrogens is 4. The van der Waals surface area contributed by atoms with E-state index in [4.69, 9.17) is 0 Å². The van der Waals surface area contributed by atoms with Crippen LogP contribution < -0.4 is 0 Å². The lowest BCUT2D eigenvalue weighted by Crippen LogP contribution is -2.39. The van der Waals surface area contributed by atoms with Crippen LogP contribution in [-0.2, 0) is 25.4 Å². The molecule has 3 rings (SSSR count). The summed E-state index contributed by atoms with van der Waals surface area (Å²) < 4.78 is 2.14. The van der Waals surface area contributed by atoms with Gasteiger partial charge in [0, 0.05) is 49.6 Å². The Kier molecular flexibility index (Phi) is 5.09. The molecular formula is C19H31N5. The molecule has 1 fully saturated rings. The average molecular weight is 329 g/mol. The molecule has 0 spiro atoms. The van der Waals surface area contributed by atoms with Crippen molar-refractivity contribution in [1.82, 2.24) is 24.6 Å². The second-order valence-corrected chi connectivity index (χ2v) is 8.14. The Balaban J connectivity index is 1.62. The molecule has 24 heavy (non-hydrogen) atoms. The van der Waals surface area contributed by atoms with E-state index in [0.29, 0.717) is 6.04 Å². The van der Waals surface area contributed by atoms with Crippen LogP contribution in [0.3, 0.4) is 0 Å². The predicted octanol–water partition coefficient (Wildman–Crippen LogP) is 3.43. The van der Waals surface area contributed by atoms with Crippen LogP contribution in [0.2, 0.25) is 0 Å². The summed E-state index contributed by atoms with van der Waals surface area (Å²) in [7, 11) is 2.08. The van der Waals surface area contributed by atoms with Crippen molar-refractivity contribution in [2.75, 3.05) is 6.54 Å². The van der Waals surface area contributed by atoms with Gasteiger partial charge in [-0.15, -0.1) is 0 Å². The fraction of sp³-hybridized carbons (Fsp3) is 0.684. The minimum Gasteiger partial charge on any atom is -0.338 e. The molecule has 1 saturated heterocycles. The molecule has 0 radical (unpaired) electrons. The quantitative estimate of drug-likeness (QED) is 0.914. The second-order valence-electron chi connectivity index (χ2n) is 8.14. The second kappa shape index (κ2) is 7.09. The van der Waals surface area contributed by atoms with E-state index >= 15 is 0 Å². The van der Waals surface area contributed by atoms with E-state index in [1.165, 1.54) is 43.7 Å². The van der Waals surface area contributed by atoms with Crippen molar-refractivity contribution in [3.63, 3.8) is 0 Å². The SMILES string of the molecule is Cn1ccnc1CC[C@@H]1CCCCN1Cc1cc(C(C)(C)C)n[nH]1. The Morgan fingerprint density at radius 3 is 2.79 bits per heavy atom. The Hall–Kier alpha value is -1.62. The molecule has 2 aromatic heterocycles. The number of hydrogen-bond acceptors (Lipinski definition) is 3. The first-order valence-electron chi connectivity index (χ1n) is 9.18. The summed E-state index contributed by atoms with van der Waals surface area (Å²) in [5.74, 6) is 1.19. The molecule has 1 aliphatic heterocycles. The fourth-order valence-electron chi connectivity index (χ4n) is 3.57. The van der Waals surface area contributed by atoms with Gasteiger partial charge in [0.2, 0.25) is 0 Å². The topological polar surface area (TPSA) is 49.7 Å². The van der Waals surface area contributed by atoms with Gasteiger partial charge in [0.25, 0.3) is 0 Å². The third-order valence-corrected chi connectivity index (χ3v) is 5.14. The summed E-state index contributed by atoms with van der Waals surface area (Å²) in [4.78, 5) is 7.10. The lowest BCUT2D eigenvalue weighted by atomic mass is 9.92. The molecule has 0 amide bonds. The van der Waals surface area contributed by atoms with Crippen molar-refractivity contribution in [2.45, 2.75) is 70.9 Å². The van der Waals surface area contributed by atoms with Gasteiger partial charge in [0.05, 0.1) is 5.69 Å². The third-order valence-electron chi connectivity index (χ3n) is 5.14. The van der Waals surface area contributed by atoms with Gasteiger partial charge in [-0.05, 0) is 31.9 Å². The molecule has 5 nitrogen and oxygen atoms in total. The summed E-state index contributed by atoms with van der Waals surface area (Å²) in [6, 6.07) is 2.89. The van der Waals surface area contributed by atoms with Crippen LogP contribution in [0.25, 0.3) is 0 Å². The number of nitrogens with one attached hydrogen (secondary N) is 1. The van der Waals surface area contributed by atoms with Gasteiger partial charge in [0.15, 0.2) is 0 Å². The standard InChI is InChI=1S/C19H31N5/c1-19(2,3)17-13-15(21-22-17)14-24-11-6-5-7-16(24)8-9-18-20-10-12-23(18)4/h10,12-13,16H,5-9,11,14H2,1-4H3,(H,21,22)/t16-/m0/s1. The first-order valence-corrected chi connectivity index (χ1v) is 9.18. The van der Waals surface area contributed by atoms with Crippen LogP contribution >= 0.6 is 0 Å². The van der Waals surface area contributed by atoms with Crippen molar-refractivity contribution in [2.24, 2.45) is 7.05 Å². The molecule has 132 valence electrons. The Morgan fingerprint density at radius 1 is 1.29 bits per heavy atom. The monoisotopic (exact) mass is 329 g/mol. The molecular weight excluding hydrogens is 298 g/mol. The summed E-state index contributed by atoms with van der Waals surface area (Å²) in [5, 5.41) is 7.76. The number of nitrogens with zero attached hydrogens (tertiary/aromatic N) is 4. The number of rotatable bonds is 5. The third kappa shape index (κ3) is 4.07. The van der Waals surface area contributed by atoms with Gasteiger partial charge in [-0.2, -0.15) is 5.10 Å². The largest absolute Gasteiger partial charge is 0.338 e. The van der Waals surface area contributed by atoms with Gasteiger partial charge in [0.1, 0.15) is 5.82 Å². The fourth-order valence-corrected chi connectivity index (χ4v) is 3.57. The number of aromatic amines is 1. The van der Waals surface area contributed by atoms with E-state index in [2.05, 4.69) is 58.5 Å². The Bertz CT molecular complexity index is 649. The van der Waals surface area contributed by atoms with Crippen LogP contribution in [0.5, 0.6) is 0 Å². The zero-order chi connectivity index (χ0) is 17.2.